The second-order valence-electron chi connectivity index (χ2n) is 7.87. The van der Waals surface area contributed by atoms with Gasteiger partial charge in [0.25, 0.3) is 0 Å². The van der Waals surface area contributed by atoms with Gasteiger partial charge in [-0.15, -0.1) is 0 Å². The summed E-state index contributed by atoms with van der Waals surface area (Å²) in [7, 11) is 1.27. The first-order chi connectivity index (χ1) is 14.7. The number of carbonyl (C=O) groups excluding carboxylic acids is 4. The molecule has 0 bridgehead atoms. The van der Waals surface area contributed by atoms with Gasteiger partial charge < -0.3 is 14.5 Å². The smallest absolute Gasteiger partial charge is 0.339 e. The van der Waals surface area contributed by atoms with E-state index in [2.05, 4.69) is 4.98 Å². The Morgan fingerprint density at radius 2 is 1.77 bits per heavy atom. The summed E-state index contributed by atoms with van der Waals surface area (Å²) in [5, 5.41) is 0. The molecule has 1 aliphatic carbocycles. The number of aryl methyl sites for hydroxylation is 3. The van der Waals surface area contributed by atoms with Gasteiger partial charge in [0.05, 0.1) is 24.8 Å². The molecule has 1 heterocycles. The van der Waals surface area contributed by atoms with Crippen LogP contribution in [0.25, 0.3) is 0 Å². The maximum absolute atomic E-state index is 12.7. The second kappa shape index (κ2) is 9.29. The largest absolute Gasteiger partial charge is 0.465 e. The Morgan fingerprint density at radius 1 is 1.06 bits per heavy atom. The third kappa shape index (κ3) is 4.76. The first kappa shape index (κ1) is 22.5. The van der Waals surface area contributed by atoms with Crippen molar-refractivity contribution in [2.24, 2.45) is 0 Å². The van der Waals surface area contributed by atoms with Gasteiger partial charge in [0.1, 0.15) is 0 Å². The van der Waals surface area contributed by atoms with Crippen LogP contribution < -0.4 is 0 Å². The first-order valence-electron chi connectivity index (χ1n) is 10.4. The van der Waals surface area contributed by atoms with E-state index in [4.69, 9.17) is 9.47 Å². The highest BCUT2D eigenvalue weighted by atomic mass is 16.5. The number of ketones is 2. The number of aromatic amines is 1. The lowest BCUT2D eigenvalue weighted by Gasteiger charge is -2.12. The van der Waals surface area contributed by atoms with E-state index in [1.165, 1.54) is 25.2 Å². The Labute approximate surface area is 181 Å². The van der Waals surface area contributed by atoms with Gasteiger partial charge in [0, 0.05) is 17.7 Å². The number of rotatable bonds is 8. The van der Waals surface area contributed by atoms with Crippen LogP contribution in [0.4, 0.5) is 0 Å². The van der Waals surface area contributed by atoms with Gasteiger partial charge in [-0.2, -0.15) is 0 Å². The summed E-state index contributed by atoms with van der Waals surface area (Å²) in [6.45, 7) is 4.76. The predicted octanol–water partition coefficient (Wildman–Crippen LogP) is 3.68. The number of esters is 2. The SMILES string of the molecule is COC(=O)c1c(C)[nH]c(C(=O)C(C)OC(=O)CCC(=O)c2ccc3c(c2)CCC3)c1C. The molecule has 1 aliphatic rings. The van der Waals surface area contributed by atoms with Crippen LogP contribution in [0.3, 0.4) is 0 Å². The number of Topliss-reactive ketones (excluding diaryl/α,β-unsaturated/α-hetero) is 2. The third-order valence-corrected chi connectivity index (χ3v) is 5.73. The number of nitrogens with one attached hydrogen (secondary N) is 1. The van der Waals surface area contributed by atoms with E-state index in [1.54, 1.807) is 19.9 Å². The Bertz CT molecular complexity index is 1050. The van der Waals surface area contributed by atoms with E-state index < -0.39 is 23.8 Å². The summed E-state index contributed by atoms with van der Waals surface area (Å²) < 4.78 is 9.98. The van der Waals surface area contributed by atoms with Crippen LogP contribution in [-0.4, -0.2) is 41.7 Å². The Balaban J connectivity index is 1.57. The maximum Gasteiger partial charge on any atom is 0.339 e. The summed E-state index contributed by atoms with van der Waals surface area (Å²) in [6.07, 6.45) is 1.99. The highest BCUT2D eigenvalue weighted by molar-refractivity contribution is 6.04. The van der Waals surface area contributed by atoms with Crippen LogP contribution >= 0.6 is 0 Å². The van der Waals surface area contributed by atoms with E-state index in [1.807, 2.05) is 12.1 Å². The standard InChI is InChI=1S/C24H27NO6/c1-13-21(24(29)30-4)14(2)25-22(13)23(28)15(3)31-20(27)11-10-19(26)18-9-8-16-6-5-7-17(16)12-18/h8-9,12,15,25H,5-7,10-11H2,1-4H3. The number of hydrogen-bond donors (Lipinski definition) is 1. The van der Waals surface area contributed by atoms with Crippen molar-refractivity contribution in [2.45, 2.75) is 59.0 Å². The molecule has 0 amide bonds. The van der Waals surface area contributed by atoms with Crippen LogP contribution in [0, 0.1) is 13.8 Å². The van der Waals surface area contributed by atoms with E-state index in [0.717, 1.165) is 19.3 Å². The fourth-order valence-electron chi connectivity index (χ4n) is 4.02. The molecule has 31 heavy (non-hydrogen) atoms. The number of fused-ring (bicyclic) bond motifs is 1. The van der Waals surface area contributed by atoms with Crippen molar-refractivity contribution in [1.82, 2.24) is 4.98 Å². The highest BCUT2D eigenvalue weighted by Crippen LogP contribution is 2.24. The second-order valence-corrected chi connectivity index (χ2v) is 7.87. The average molecular weight is 425 g/mol. The van der Waals surface area contributed by atoms with Crippen molar-refractivity contribution < 1.29 is 28.7 Å². The highest BCUT2D eigenvalue weighted by Gasteiger charge is 2.27. The van der Waals surface area contributed by atoms with Crippen LogP contribution in [0.1, 0.15) is 79.8 Å². The van der Waals surface area contributed by atoms with E-state index >= 15 is 0 Å². The molecule has 0 radical (unpaired) electrons. The molecule has 3 rings (SSSR count). The summed E-state index contributed by atoms with van der Waals surface area (Å²) in [4.78, 5) is 52.1. The van der Waals surface area contributed by atoms with Crippen molar-refractivity contribution >= 4 is 23.5 Å². The van der Waals surface area contributed by atoms with Crippen molar-refractivity contribution in [2.75, 3.05) is 7.11 Å². The van der Waals surface area contributed by atoms with E-state index in [0.29, 0.717) is 22.4 Å². The van der Waals surface area contributed by atoms with Gasteiger partial charge in [-0.1, -0.05) is 12.1 Å². The van der Waals surface area contributed by atoms with Crippen molar-refractivity contribution in [1.29, 1.82) is 0 Å². The molecule has 1 atom stereocenters. The molecule has 1 N–H and O–H groups in total. The van der Waals surface area contributed by atoms with Crippen molar-refractivity contribution in [3.63, 3.8) is 0 Å². The number of H-pyrrole nitrogens is 1. The van der Waals surface area contributed by atoms with Crippen LogP contribution in [0.5, 0.6) is 0 Å². The number of benzene rings is 1. The van der Waals surface area contributed by atoms with Crippen molar-refractivity contribution in [3.8, 4) is 0 Å². The van der Waals surface area contributed by atoms with Crippen molar-refractivity contribution in [3.05, 3.63) is 57.4 Å². The van der Waals surface area contributed by atoms with Gasteiger partial charge in [0.15, 0.2) is 11.9 Å². The fourth-order valence-corrected chi connectivity index (χ4v) is 4.02. The molecule has 0 aliphatic heterocycles. The molecule has 1 unspecified atom stereocenters. The van der Waals surface area contributed by atoms with Gasteiger partial charge in [-0.3, -0.25) is 14.4 Å². The Hall–Kier alpha value is -3.22. The number of aromatic nitrogens is 1. The lowest BCUT2D eigenvalue weighted by Crippen LogP contribution is -2.25. The van der Waals surface area contributed by atoms with Gasteiger partial charge in [0.2, 0.25) is 5.78 Å². The molecule has 2 aromatic rings. The lowest BCUT2D eigenvalue weighted by molar-refractivity contribution is -0.146. The minimum absolute atomic E-state index is 0.0195. The predicted molar refractivity (Wildman–Crippen MR) is 114 cm³/mol. The van der Waals surface area contributed by atoms with Crippen LogP contribution in [0.2, 0.25) is 0 Å². The molecule has 164 valence electrons. The van der Waals surface area contributed by atoms with Crippen LogP contribution in [0.15, 0.2) is 18.2 Å². The molecule has 0 saturated carbocycles. The molecule has 1 aromatic heterocycles. The minimum Gasteiger partial charge on any atom is -0.465 e. The fraction of sp³-hybridized carbons (Fsp3) is 0.417. The van der Waals surface area contributed by atoms with Gasteiger partial charge in [-0.25, -0.2) is 4.79 Å². The zero-order valence-corrected chi connectivity index (χ0v) is 18.3. The van der Waals surface area contributed by atoms with E-state index in [-0.39, 0.29) is 24.3 Å². The molecule has 1 aromatic carbocycles. The van der Waals surface area contributed by atoms with Gasteiger partial charge >= 0.3 is 11.9 Å². The number of ether oxygens (including phenoxy) is 2. The minimum atomic E-state index is -1.05. The topological polar surface area (TPSA) is 103 Å². The molecule has 7 heteroatoms. The van der Waals surface area contributed by atoms with Gasteiger partial charge in [-0.05, 0) is 62.8 Å². The number of hydrogen-bond acceptors (Lipinski definition) is 6. The molecule has 0 fully saturated rings. The zero-order valence-electron chi connectivity index (χ0n) is 18.3. The van der Waals surface area contributed by atoms with E-state index in [9.17, 15) is 19.2 Å². The summed E-state index contributed by atoms with van der Waals surface area (Å²) in [5.41, 5.74) is 4.54. The maximum atomic E-state index is 12.7. The quantitative estimate of drug-likeness (QED) is 0.511. The van der Waals surface area contributed by atoms with Crippen LogP contribution in [-0.2, 0) is 27.1 Å². The normalized spacial score (nSPS) is 13.4. The Kier molecular flexibility index (Phi) is 6.73. The summed E-state index contributed by atoms with van der Waals surface area (Å²) >= 11 is 0. The number of methoxy groups -OCH3 is 1. The Morgan fingerprint density at radius 3 is 2.48 bits per heavy atom. The zero-order chi connectivity index (χ0) is 22.7. The molecule has 0 saturated heterocycles. The third-order valence-electron chi connectivity index (χ3n) is 5.73. The summed E-state index contributed by atoms with van der Waals surface area (Å²) in [5.74, 6) is -1.73. The molecular weight excluding hydrogens is 398 g/mol. The lowest BCUT2D eigenvalue weighted by atomic mass is 10.0. The number of carbonyl (C=O) groups is 4. The molecule has 0 spiro atoms. The first-order valence-corrected chi connectivity index (χ1v) is 10.4. The monoisotopic (exact) mass is 425 g/mol. The average Bonchev–Trinajstić information content (AvgIpc) is 3.33. The molecule has 7 nitrogen and oxygen atoms in total. The molecular formula is C24H27NO6. The summed E-state index contributed by atoms with van der Waals surface area (Å²) in [6, 6.07) is 5.70.